The molecule has 2 heterocycles. The highest BCUT2D eigenvalue weighted by Gasteiger charge is 2.37. The number of nitrogens with two attached hydrogens (primary N) is 1. The number of halogens is 3. The van der Waals surface area contributed by atoms with E-state index in [1.165, 1.54) is 24.4 Å². The molecule has 0 aliphatic carbocycles. The second kappa shape index (κ2) is 5.43. The molecule has 2 aromatic rings. The molecule has 5 nitrogen and oxygen atoms in total. The number of aromatic nitrogens is 1. The highest BCUT2D eigenvalue weighted by molar-refractivity contribution is 7.89. The average molecular weight is 345 g/mol. The number of fused-ring (bicyclic) bond motifs is 1. The van der Waals surface area contributed by atoms with Gasteiger partial charge in [0.25, 0.3) is 0 Å². The SMILES string of the molecule is NC1CCN(S(=O)(=O)c2cccc3cncc(C(F)(F)F)c23)C1. The minimum Gasteiger partial charge on any atom is -0.326 e. The van der Waals surface area contributed by atoms with Gasteiger partial charge in [-0.2, -0.15) is 17.5 Å². The van der Waals surface area contributed by atoms with E-state index >= 15 is 0 Å². The molecule has 1 aliphatic rings. The van der Waals surface area contributed by atoms with Crippen LogP contribution in [0, 0.1) is 0 Å². The van der Waals surface area contributed by atoms with Crippen LogP contribution in [0.1, 0.15) is 12.0 Å². The van der Waals surface area contributed by atoms with E-state index in [9.17, 15) is 21.6 Å². The number of hydrogen-bond donors (Lipinski definition) is 1. The van der Waals surface area contributed by atoms with Crippen LogP contribution in [0.25, 0.3) is 10.8 Å². The van der Waals surface area contributed by atoms with Crippen molar-refractivity contribution in [3.05, 3.63) is 36.2 Å². The maximum atomic E-state index is 13.3. The first kappa shape index (κ1) is 16.2. The molecular weight excluding hydrogens is 331 g/mol. The van der Waals surface area contributed by atoms with E-state index in [0.29, 0.717) is 12.6 Å². The molecule has 1 aromatic carbocycles. The quantitative estimate of drug-likeness (QED) is 0.903. The van der Waals surface area contributed by atoms with E-state index in [1.807, 2.05) is 0 Å². The van der Waals surface area contributed by atoms with Crippen molar-refractivity contribution in [2.24, 2.45) is 5.73 Å². The molecule has 23 heavy (non-hydrogen) atoms. The molecule has 1 aliphatic heterocycles. The summed E-state index contributed by atoms with van der Waals surface area (Å²) >= 11 is 0. The fourth-order valence-corrected chi connectivity index (χ4v) is 4.49. The Balaban J connectivity index is 2.26. The molecule has 2 N–H and O–H groups in total. The van der Waals surface area contributed by atoms with Gasteiger partial charge in [-0.25, -0.2) is 8.42 Å². The predicted octanol–water partition coefficient (Wildman–Crippen LogP) is 1.98. The number of rotatable bonds is 2. The predicted molar refractivity (Wildman–Crippen MR) is 78.1 cm³/mol. The smallest absolute Gasteiger partial charge is 0.326 e. The van der Waals surface area contributed by atoms with Crippen LogP contribution in [0.3, 0.4) is 0 Å². The molecule has 1 aromatic heterocycles. The van der Waals surface area contributed by atoms with Crippen molar-refractivity contribution in [3.8, 4) is 0 Å². The van der Waals surface area contributed by atoms with Crippen molar-refractivity contribution in [2.45, 2.75) is 23.5 Å². The molecule has 0 saturated carbocycles. The highest BCUT2D eigenvalue weighted by atomic mass is 32.2. The Kier molecular flexibility index (Phi) is 3.81. The Labute approximate surface area is 131 Å². The Hall–Kier alpha value is -1.71. The molecule has 9 heteroatoms. The average Bonchev–Trinajstić information content (AvgIpc) is 2.92. The largest absolute Gasteiger partial charge is 0.418 e. The Morgan fingerprint density at radius 3 is 2.61 bits per heavy atom. The first-order valence-corrected chi connectivity index (χ1v) is 8.35. The lowest BCUT2D eigenvalue weighted by molar-refractivity contribution is -0.136. The van der Waals surface area contributed by atoms with Crippen LogP contribution in [0.15, 0.2) is 35.5 Å². The van der Waals surface area contributed by atoms with Crippen LogP contribution < -0.4 is 5.73 Å². The zero-order valence-corrected chi connectivity index (χ0v) is 12.7. The fourth-order valence-electron chi connectivity index (χ4n) is 2.74. The van der Waals surface area contributed by atoms with Crippen molar-refractivity contribution in [1.82, 2.24) is 9.29 Å². The fraction of sp³-hybridized carbons (Fsp3) is 0.357. The Morgan fingerprint density at radius 1 is 1.26 bits per heavy atom. The molecular formula is C14H14F3N3O2S. The number of alkyl halides is 3. The van der Waals surface area contributed by atoms with E-state index < -0.39 is 21.8 Å². The summed E-state index contributed by atoms with van der Waals surface area (Å²) in [4.78, 5) is 3.20. The summed E-state index contributed by atoms with van der Waals surface area (Å²) < 4.78 is 66.4. The second-order valence-corrected chi connectivity index (χ2v) is 7.36. The van der Waals surface area contributed by atoms with Gasteiger partial charge in [0, 0.05) is 42.3 Å². The number of nitrogens with zero attached hydrogens (tertiary/aromatic N) is 2. The van der Waals surface area contributed by atoms with E-state index in [2.05, 4.69) is 4.98 Å². The highest BCUT2D eigenvalue weighted by Crippen LogP contribution is 2.38. The van der Waals surface area contributed by atoms with E-state index in [4.69, 9.17) is 5.73 Å². The monoisotopic (exact) mass is 345 g/mol. The molecule has 0 amide bonds. The van der Waals surface area contributed by atoms with Crippen molar-refractivity contribution < 1.29 is 21.6 Å². The van der Waals surface area contributed by atoms with Crippen molar-refractivity contribution >= 4 is 20.8 Å². The number of benzene rings is 1. The normalized spacial score (nSPS) is 20.3. The summed E-state index contributed by atoms with van der Waals surface area (Å²) in [6.07, 6.45) is -2.34. The molecule has 1 fully saturated rings. The third kappa shape index (κ3) is 2.79. The van der Waals surface area contributed by atoms with Crippen molar-refractivity contribution in [2.75, 3.05) is 13.1 Å². The standard InChI is InChI=1S/C14H14F3N3O2S/c15-14(16,17)11-7-19-6-9-2-1-3-12(13(9)11)23(21,22)20-5-4-10(18)8-20/h1-3,6-7,10H,4-5,8,18H2. The van der Waals surface area contributed by atoms with Crippen LogP contribution >= 0.6 is 0 Å². The molecule has 1 unspecified atom stereocenters. The van der Waals surface area contributed by atoms with Gasteiger partial charge in [-0.3, -0.25) is 4.98 Å². The van der Waals surface area contributed by atoms with Gasteiger partial charge in [0.2, 0.25) is 10.0 Å². The van der Waals surface area contributed by atoms with Gasteiger partial charge in [-0.15, -0.1) is 0 Å². The van der Waals surface area contributed by atoms with Gasteiger partial charge in [0.05, 0.1) is 10.5 Å². The summed E-state index contributed by atoms with van der Waals surface area (Å²) in [5, 5.41) is -0.222. The lowest BCUT2D eigenvalue weighted by atomic mass is 10.1. The molecule has 3 rings (SSSR count). The minimum atomic E-state index is -4.69. The first-order valence-electron chi connectivity index (χ1n) is 6.91. The van der Waals surface area contributed by atoms with Gasteiger partial charge in [0.1, 0.15) is 0 Å². The third-order valence-electron chi connectivity index (χ3n) is 3.86. The minimum absolute atomic E-state index is 0.102. The molecule has 1 atom stereocenters. The summed E-state index contributed by atoms with van der Waals surface area (Å²) in [5.74, 6) is 0. The molecule has 0 spiro atoms. The van der Waals surface area contributed by atoms with Crippen LogP contribution in [0.5, 0.6) is 0 Å². The zero-order chi connectivity index (χ0) is 16.8. The molecule has 1 saturated heterocycles. The van der Waals surface area contributed by atoms with E-state index in [0.717, 1.165) is 4.31 Å². The number of sulfonamides is 1. The van der Waals surface area contributed by atoms with Crippen LogP contribution in [0.2, 0.25) is 0 Å². The topological polar surface area (TPSA) is 76.3 Å². The molecule has 0 radical (unpaired) electrons. The lowest BCUT2D eigenvalue weighted by Crippen LogP contribution is -2.32. The van der Waals surface area contributed by atoms with Gasteiger partial charge in [-0.05, 0) is 12.5 Å². The van der Waals surface area contributed by atoms with Crippen molar-refractivity contribution in [1.29, 1.82) is 0 Å². The van der Waals surface area contributed by atoms with Gasteiger partial charge in [0.15, 0.2) is 0 Å². The molecule has 124 valence electrons. The van der Waals surface area contributed by atoms with Crippen LogP contribution in [-0.2, 0) is 16.2 Å². The number of pyridine rings is 1. The summed E-state index contributed by atoms with van der Waals surface area (Å²) in [6, 6.07) is 3.71. The second-order valence-electron chi connectivity index (χ2n) is 5.45. The van der Waals surface area contributed by atoms with Crippen LogP contribution in [-0.4, -0.2) is 36.8 Å². The van der Waals surface area contributed by atoms with Crippen LogP contribution in [0.4, 0.5) is 13.2 Å². The Morgan fingerprint density at radius 2 is 2.00 bits per heavy atom. The van der Waals surface area contributed by atoms with Gasteiger partial charge in [-0.1, -0.05) is 12.1 Å². The lowest BCUT2D eigenvalue weighted by Gasteiger charge is -2.19. The summed E-state index contributed by atoms with van der Waals surface area (Å²) in [5.41, 5.74) is 4.66. The maximum Gasteiger partial charge on any atom is 0.418 e. The maximum absolute atomic E-state index is 13.3. The van der Waals surface area contributed by atoms with E-state index in [1.54, 1.807) is 0 Å². The summed E-state index contributed by atoms with van der Waals surface area (Å²) in [7, 11) is -4.06. The summed E-state index contributed by atoms with van der Waals surface area (Å²) in [6.45, 7) is 0.303. The van der Waals surface area contributed by atoms with Crippen molar-refractivity contribution in [3.63, 3.8) is 0 Å². The van der Waals surface area contributed by atoms with E-state index in [-0.39, 0.29) is 34.8 Å². The number of hydrogen-bond acceptors (Lipinski definition) is 4. The van der Waals surface area contributed by atoms with Gasteiger partial charge < -0.3 is 5.73 Å². The zero-order valence-electron chi connectivity index (χ0n) is 11.9. The third-order valence-corrected chi connectivity index (χ3v) is 5.76. The van der Waals surface area contributed by atoms with Gasteiger partial charge >= 0.3 is 6.18 Å². The molecule has 0 bridgehead atoms. The Bertz CT molecular complexity index is 847. The first-order chi connectivity index (χ1) is 10.7.